The predicted octanol–water partition coefficient (Wildman–Crippen LogP) is 1.88. The highest BCUT2D eigenvalue weighted by atomic mass is 79.9. The van der Waals surface area contributed by atoms with Crippen LogP contribution in [0, 0.1) is 0 Å². The van der Waals surface area contributed by atoms with E-state index in [0.717, 1.165) is 4.47 Å². The van der Waals surface area contributed by atoms with Gasteiger partial charge in [-0.1, -0.05) is 0 Å². The van der Waals surface area contributed by atoms with Crippen molar-refractivity contribution in [3.8, 4) is 5.75 Å². The summed E-state index contributed by atoms with van der Waals surface area (Å²) in [5, 5.41) is 6.73. The zero-order valence-corrected chi connectivity index (χ0v) is 11.8. The fourth-order valence-corrected chi connectivity index (χ4v) is 1.87. The molecule has 100 valence electrons. The molecule has 0 fully saturated rings. The number of nitrogens with zero attached hydrogens (tertiary/aromatic N) is 2. The molecule has 1 amide bonds. The Morgan fingerprint density at radius 2 is 2.37 bits per heavy atom. The number of halogens is 1. The fourth-order valence-electron chi connectivity index (χ4n) is 1.54. The van der Waals surface area contributed by atoms with E-state index in [1.54, 1.807) is 37.7 Å². The molecule has 0 radical (unpaired) electrons. The molecule has 0 aliphatic rings. The number of hydrogen-bond donors (Lipinski definition) is 2. The molecule has 6 nitrogen and oxygen atoms in total. The molecule has 0 atom stereocenters. The van der Waals surface area contributed by atoms with Gasteiger partial charge in [-0.3, -0.25) is 9.48 Å². The van der Waals surface area contributed by atoms with E-state index in [-0.39, 0.29) is 12.5 Å². The first-order valence-corrected chi connectivity index (χ1v) is 6.29. The van der Waals surface area contributed by atoms with Crippen LogP contribution >= 0.6 is 15.9 Å². The number of rotatable bonds is 4. The minimum atomic E-state index is -0.201. The topological polar surface area (TPSA) is 82.2 Å². The summed E-state index contributed by atoms with van der Waals surface area (Å²) in [7, 11) is 1.56. The number of amides is 1. The molecule has 0 spiro atoms. The number of carbonyl (C=O) groups excluding carboxylic acids is 1. The molecule has 0 saturated heterocycles. The Morgan fingerprint density at radius 1 is 1.58 bits per heavy atom. The van der Waals surface area contributed by atoms with Gasteiger partial charge in [-0.15, -0.1) is 0 Å². The SMILES string of the molecule is COc1ccc(NC(=O)Cn2cc(Br)cn2)c(N)c1. The van der Waals surface area contributed by atoms with Crippen LogP contribution in [0.25, 0.3) is 0 Å². The van der Waals surface area contributed by atoms with E-state index in [1.807, 2.05) is 0 Å². The molecule has 1 heterocycles. The summed E-state index contributed by atoms with van der Waals surface area (Å²) in [6.45, 7) is 0.122. The lowest BCUT2D eigenvalue weighted by atomic mass is 10.2. The molecule has 0 aliphatic heterocycles. The number of benzene rings is 1. The van der Waals surface area contributed by atoms with E-state index in [1.165, 1.54) is 4.68 Å². The van der Waals surface area contributed by atoms with Gasteiger partial charge in [0.2, 0.25) is 5.91 Å². The number of nitrogens with two attached hydrogens (primary N) is 1. The van der Waals surface area contributed by atoms with Crippen molar-refractivity contribution in [1.82, 2.24) is 9.78 Å². The van der Waals surface area contributed by atoms with Gasteiger partial charge in [-0.05, 0) is 28.1 Å². The van der Waals surface area contributed by atoms with Crippen LogP contribution in [0.5, 0.6) is 5.75 Å². The predicted molar refractivity (Wildman–Crippen MR) is 76.0 cm³/mol. The first kappa shape index (κ1) is 13.4. The van der Waals surface area contributed by atoms with E-state index in [0.29, 0.717) is 17.1 Å². The molecule has 3 N–H and O–H groups in total. The van der Waals surface area contributed by atoms with E-state index < -0.39 is 0 Å². The minimum absolute atomic E-state index is 0.122. The lowest BCUT2D eigenvalue weighted by molar-refractivity contribution is -0.116. The van der Waals surface area contributed by atoms with Gasteiger partial charge in [-0.25, -0.2) is 0 Å². The van der Waals surface area contributed by atoms with Crippen LogP contribution in [0.15, 0.2) is 35.1 Å². The maximum Gasteiger partial charge on any atom is 0.246 e. The van der Waals surface area contributed by atoms with E-state index in [2.05, 4.69) is 26.3 Å². The van der Waals surface area contributed by atoms with Crippen LogP contribution in [0.3, 0.4) is 0 Å². The maximum absolute atomic E-state index is 11.8. The second-order valence-corrected chi connectivity index (χ2v) is 4.77. The van der Waals surface area contributed by atoms with Gasteiger partial charge in [-0.2, -0.15) is 5.10 Å². The summed E-state index contributed by atoms with van der Waals surface area (Å²) in [6.07, 6.45) is 3.34. The highest BCUT2D eigenvalue weighted by Gasteiger charge is 2.07. The molecule has 0 aliphatic carbocycles. The van der Waals surface area contributed by atoms with Crippen LogP contribution in [0.2, 0.25) is 0 Å². The van der Waals surface area contributed by atoms with Crippen LogP contribution in [0.1, 0.15) is 0 Å². The zero-order chi connectivity index (χ0) is 13.8. The molecule has 2 rings (SSSR count). The number of nitrogens with one attached hydrogen (secondary N) is 1. The molecular formula is C12H13BrN4O2. The van der Waals surface area contributed by atoms with Crippen molar-refractivity contribution in [2.24, 2.45) is 0 Å². The van der Waals surface area contributed by atoms with Crippen molar-refractivity contribution in [3.05, 3.63) is 35.1 Å². The van der Waals surface area contributed by atoms with Crippen molar-refractivity contribution in [1.29, 1.82) is 0 Å². The minimum Gasteiger partial charge on any atom is -0.497 e. The molecule has 0 bridgehead atoms. The molecule has 0 unspecified atom stereocenters. The summed E-state index contributed by atoms with van der Waals surface area (Å²) >= 11 is 3.27. The Kier molecular flexibility index (Phi) is 4.06. The number of hydrogen-bond acceptors (Lipinski definition) is 4. The van der Waals surface area contributed by atoms with Gasteiger partial charge in [0, 0.05) is 12.3 Å². The molecule has 1 aromatic carbocycles. The third-order valence-electron chi connectivity index (χ3n) is 2.44. The summed E-state index contributed by atoms with van der Waals surface area (Å²) in [4.78, 5) is 11.8. The number of nitrogen functional groups attached to an aromatic ring is 1. The van der Waals surface area contributed by atoms with Crippen LogP contribution < -0.4 is 15.8 Å². The molecule has 7 heteroatoms. The quantitative estimate of drug-likeness (QED) is 0.841. The third-order valence-corrected chi connectivity index (χ3v) is 2.85. The lowest BCUT2D eigenvalue weighted by Gasteiger charge is -2.09. The van der Waals surface area contributed by atoms with Crippen molar-refractivity contribution in [3.63, 3.8) is 0 Å². The second kappa shape index (κ2) is 5.75. The Morgan fingerprint density at radius 3 is 2.95 bits per heavy atom. The van der Waals surface area contributed by atoms with Crippen LogP contribution in [0.4, 0.5) is 11.4 Å². The average molecular weight is 325 g/mol. The molecule has 1 aromatic heterocycles. The number of anilines is 2. The van der Waals surface area contributed by atoms with Crippen LogP contribution in [-0.4, -0.2) is 22.8 Å². The van der Waals surface area contributed by atoms with Gasteiger partial charge in [0.25, 0.3) is 0 Å². The highest BCUT2D eigenvalue weighted by molar-refractivity contribution is 9.10. The van der Waals surface area contributed by atoms with Crippen molar-refractivity contribution < 1.29 is 9.53 Å². The molecule has 2 aromatic rings. The Labute approximate surface area is 118 Å². The summed E-state index contributed by atoms with van der Waals surface area (Å²) in [5.74, 6) is 0.443. The highest BCUT2D eigenvalue weighted by Crippen LogP contribution is 2.23. The standard InChI is InChI=1S/C12H13BrN4O2/c1-19-9-2-3-11(10(14)4-9)16-12(18)7-17-6-8(13)5-15-17/h2-6H,7,14H2,1H3,(H,16,18). The molecular weight excluding hydrogens is 312 g/mol. The van der Waals surface area contributed by atoms with Gasteiger partial charge in [0.05, 0.1) is 29.2 Å². The largest absolute Gasteiger partial charge is 0.497 e. The van der Waals surface area contributed by atoms with E-state index in [4.69, 9.17) is 10.5 Å². The van der Waals surface area contributed by atoms with E-state index >= 15 is 0 Å². The first-order valence-electron chi connectivity index (χ1n) is 5.50. The van der Waals surface area contributed by atoms with Gasteiger partial charge in [0.15, 0.2) is 0 Å². The average Bonchev–Trinajstić information content (AvgIpc) is 2.77. The Bertz CT molecular complexity index is 597. The number of ether oxygens (including phenoxy) is 1. The fraction of sp³-hybridized carbons (Fsp3) is 0.167. The maximum atomic E-state index is 11.8. The number of methoxy groups -OCH3 is 1. The summed E-state index contributed by atoms with van der Waals surface area (Å²) < 4.78 is 7.39. The van der Waals surface area contributed by atoms with Crippen molar-refractivity contribution >= 4 is 33.2 Å². The van der Waals surface area contributed by atoms with Gasteiger partial charge >= 0.3 is 0 Å². The van der Waals surface area contributed by atoms with Gasteiger partial charge < -0.3 is 15.8 Å². The second-order valence-electron chi connectivity index (χ2n) is 3.86. The molecule has 19 heavy (non-hydrogen) atoms. The molecule has 0 saturated carbocycles. The summed E-state index contributed by atoms with van der Waals surface area (Å²) in [5.41, 5.74) is 6.82. The normalized spacial score (nSPS) is 10.2. The van der Waals surface area contributed by atoms with Crippen LogP contribution in [-0.2, 0) is 11.3 Å². The first-order chi connectivity index (χ1) is 9.08. The lowest BCUT2D eigenvalue weighted by Crippen LogP contribution is -2.19. The Hall–Kier alpha value is -2.02. The van der Waals surface area contributed by atoms with Crippen molar-refractivity contribution in [2.75, 3.05) is 18.2 Å². The van der Waals surface area contributed by atoms with E-state index in [9.17, 15) is 4.79 Å². The monoisotopic (exact) mass is 324 g/mol. The Balaban J connectivity index is 2.02. The zero-order valence-electron chi connectivity index (χ0n) is 10.3. The van der Waals surface area contributed by atoms with Crippen molar-refractivity contribution in [2.45, 2.75) is 6.54 Å². The number of carbonyl (C=O) groups is 1. The van der Waals surface area contributed by atoms with Gasteiger partial charge in [0.1, 0.15) is 12.3 Å². The third kappa shape index (κ3) is 3.47. The smallest absolute Gasteiger partial charge is 0.246 e. The summed E-state index contributed by atoms with van der Waals surface area (Å²) in [6, 6.07) is 5.08. The number of aromatic nitrogens is 2.